The van der Waals surface area contributed by atoms with Crippen molar-refractivity contribution in [3.8, 4) is 0 Å². The molecule has 1 N–H and O–H groups in total. The average molecular weight is 315 g/mol. The molecule has 1 amide bonds. The molecule has 23 heavy (non-hydrogen) atoms. The molecule has 0 fully saturated rings. The van der Waals surface area contributed by atoms with Crippen LogP contribution < -0.4 is 0 Å². The minimum absolute atomic E-state index is 0.164. The van der Waals surface area contributed by atoms with E-state index in [1.54, 1.807) is 18.7 Å². The van der Waals surface area contributed by atoms with Crippen LogP contribution in [0.2, 0.25) is 0 Å². The molecule has 124 valence electrons. The second-order valence-electron chi connectivity index (χ2n) is 6.30. The van der Waals surface area contributed by atoms with Crippen LogP contribution in [0.1, 0.15) is 51.6 Å². The van der Waals surface area contributed by atoms with E-state index in [9.17, 15) is 14.7 Å². The number of ketones is 1. The second-order valence-corrected chi connectivity index (χ2v) is 6.30. The van der Waals surface area contributed by atoms with Crippen LogP contribution in [0.15, 0.2) is 41.7 Å². The van der Waals surface area contributed by atoms with Crippen molar-refractivity contribution in [3.05, 3.63) is 47.2 Å². The van der Waals surface area contributed by atoms with Crippen molar-refractivity contribution >= 4 is 11.7 Å². The van der Waals surface area contributed by atoms with E-state index >= 15 is 0 Å². The van der Waals surface area contributed by atoms with E-state index in [1.807, 2.05) is 30.3 Å². The van der Waals surface area contributed by atoms with Crippen LogP contribution in [0, 0.1) is 5.92 Å². The summed E-state index contributed by atoms with van der Waals surface area (Å²) >= 11 is 0. The molecule has 1 aliphatic rings. The van der Waals surface area contributed by atoms with E-state index < -0.39 is 11.9 Å². The standard InChI is InChI=1S/C19H25NO3/c1-4-5-9-12-20-16(14-10-7-6-8-11-14)15(17(21)13(2)3)18(22)19(20)23/h6-8,10-11,13,16,22H,4-5,9,12H2,1-3H3. The first-order chi connectivity index (χ1) is 11.0. The van der Waals surface area contributed by atoms with Gasteiger partial charge in [0.05, 0.1) is 11.6 Å². The maximum atomic E-state index is 12.6. The van der Waals surface area contributed by atoms with Crippen molar-refractivity contribution in [3.63, 3.8) is 0 Å². The third kappa shape index (κ3) is 3.46. The second kappa shape index (κ2) is 7.44. The van der Waals surface area contributed by atoms with Gasteiger partial charge in [0, 0.05) is 12.5 Å². The van der Waals surface area contributed by atoms with Crippen LogP contribution in [-0.4, -0.2) is 28.2 Å². The smallest absolute Gasteiger partial charge is 0.290 e. The Morgan fingerprint density at radius 2 is 1.87 bits per heavy atom. The van der Waals surface area contributed by atoms with Crippen molar-refractivity contribution in [2.75, 3.05) is 6.54 Å². The summed E-state index contributed by atoms with van der Waals surface area (Å²) in [4.78, 5) is 26.7. The van der Waals surface area contributed by atoms with Crippen LogP contribution in [-0.2, 0) is 9.59 Å². The number of amides is 1. The molecule has 0 saturated carbocycles. The van der Waals surface area contributed by atoms with E-state index in [0.717, 1.165) is 24.8 Å². The summed E-state index contributed by atoms with van der Waals surface area (Å²) in [6, 6.07) is 8.99. The Hall–Kier alpha value is -2.10. The molecule has 0 radical (unpaired) electrons. The number of benzene rings is 1. The zero-order chi connectivity index (χ0) is 17.0. The fourth-order valence-corrected chi connectivity index (χ4v) is 2.96. The number of hydrogen-bond donors (Lipinski definition) is 1. The van der Waals surface area contributed by atoms with Crippen molar-refractivity contribution in [2.24, 2.45) is 5.92 Å². The van der Waals surface area contributed by atoms with E-state index in [-0.39, 0.29) is 23.0 Å². The van der Waals surface area contributed by atoms with Gasteiger partial charge in [-0.3, -0.25) is 9.59 Å². The van der Waals surface area contributed by atoms with Crippen LogP contribution in [0.4, 0.5) is 0 Å². The number of hydrogen-bond acceptors (Lipinski definition) is 3. The molecular weight excluding hydrogens is 290 g/mol. The van der Waals surface area contributed by atoms with Crippen molar-refractivity contribution in [1.29, 1.82) is 0 Å². The SMILES string of the molecule is CCCCCN1C(=O)C(O)=C(C(=O)C(C)C)C1c1ccccc1. The first-order valence-electron chi connectivity index (χ1n) is 8.32. The number of nitrogens with zero attached hydrogens (tertiary/aromatic N) is 1. The zero-order valence-corrected chi connectivity index (χ0v) is 14.1. The van der Waals surface area contributed by atoms with Gasteiger partial charge in [0.2, 0.25) is 0 Å². The summed E-state index contributed by atoms with van der Waals surface area (Å²) in [6.45, 7) is 6.22. The number of carbonyl (C=O) groups excluding carboxylic acids is 2. The van der Waals surface area contributed by atoms with Gasteiger partial charge in [-0.25, -0.2) is 0 Å². The summed E-state index contributed by atoms with van der Waals surface area (Å²) in [5, 5.41) is 10.3. The van der Waals surface area contributed by atoms with Crippen LogP contribution in [0.5, 0.6) is 0 Å². The number of rotatable bonds is 7. The first-order valence-corrected chi connectivity index (χ1v) is 8.32. The van der Waals surface area contributed by atoms with Crippen molar-refractivity contribution in [2.45, 2.75) is 46.1 Å². The zero-order valence-electron chi connectivity index (χ0n) is 14.1. The average Bonchev–Trinajstić information content (AvgIpc) is 2.80. The Morgan fingerprint density at radius 1 is 1.22 bits per heavy atom. The summed E-state index contributed by atoms with van der Waals surface area (Å²) in [7, 11) is 0. The lowest BCUT2D eigenvalue weighted by Gasteiger charge is -2.27. The topological polar surface area (TPSA) is 57.6 Å². The summed E-state index contributed by atoms with van der Waals surface area (Å²) in [6.07, 6.45) is 2.93. The Bertz CT molecular complexity index is 604. The van der Waals surface area contributed by atoms with Crippen molar-refractivity contribution in [1.82, 2.24) is 4.90 Å². The summed E-state index contributed by atoms with van der Waals surface area (Å²) in [5.41, 5.74) is 1.11. The Balaban J connectivity index is 2.42. The van der Waals surface area contributed by atoms with Crippen LogP contribution in [0.3, 0.4) is 0 Å². The van der Waals surface area contributed by atoms with Crippen LogP contribution in [0.25, 0.3) is 0 Å². The molecule has 0 bridgehead atoms. The molecule has 0 aliphatic carbocycles. The van der Waals surface area contributed by atoms with Crippen LogP contribution >= 0.6 is 0 Å². The van der Waals surface area contributed by atoms with E-state index in [4.69, 9.17) is 0 Å². The third-order valence-corrected chi connectivity index (χ3v) is 4.21. The van der Waals surface area contributed by atoms with E-state index in [1.165, 1.54) is 0 Å². The molecule has 1 aromatic carbocycles. The molecular formula is C19H25NO3. The van der Waals surface area contributed by atoms with E-state index in [2.05, 4.69) is 6.92 Å². The molecule has 4 heteroatoms. The highest BCUT2D eigenvalue weighted by atomic mass is 16.3. The fourth-order valence-electron chi connectivity index (χ4n) is 2.96. The quantitative estimate of drug-likeness (QED) is 0.779. The molecule has 1 aromatic rings. The Kier molecular flexibility index (Phi) is 5.59. The molecule has 0 spiro atoms. The lowest BCUT2D eigenvalue weighted by atomic mass is 9.91. The van der Waals surface area contributed by atoms with Gasteiger partial charge in [-0.15, -0.1) is 0 Å². The molecule has 1 atom stereocenters. The van der Waals surface area contributed by atoms with Crippen molar-refractivity contribution < 1.29 is 14.7 Å². The largest absolute Gasteiger partial charge is 0.503 e. The molecule has 0 saturated heterocycles. The molecule has 4 nitrogen and oxygen atoms in total. The monoisotopic (exact) mass is 315 g/mol. The lowest BCUT2D eigenvalue weighted by Crippen LogP contribution is -2.32. The van der Waals surface area contributed by atoms with Gasteiger partial charge < -0.3 is 10.0 Å². The maximum Gasteiger partial charge on any atom is 0.290 e. The Morgan fingerprint density at radius 3 is 2.43 bits per heavy atom. The molecule has 2 rings (SSSR count). The van der Waals surface area contributed by atoms with Gasteiger partial charge in [-0.1, -0.05) is 63.9 Å². The normalized spacial score (nSPS) is 18.2. The van der Waals surface area contributed by atoms with Gasteiger partial charge >= 0.3 is 0 Å². The minimum Gasteiger partial charge on any atom is -0.503 e. The molecule has 1 heterocycles. The molecule has 0 aromatic heterocycles. The predicted octanol–water partition coefficient (Wildman–Crippen LogP) is 3.80. The molecule has 1 aliphatic heterocycles. The maximum absolute atomic E-state index is 12.6. The van der Waals surface area contributed by atoms with Gasteiger partial charge in [0.1, 0.15) is 0 Å². The number of aliphatic hydroxyl groups is 1. The first kappa shape index (κ1) is 17.3. The number of carbonyl (C=O) groups is 2. The van der Waals surface area contributed by atoms with Gasteiger partial charge in [0.15, 0.2) is 11.5 Å². The van der Waals surface area contributed by atoms with Gasteiger partial charge in [-0.2, -0.15) is 0 Å². The third-order valence-electron chi connectivity index (χ3n) is 4.21. The van der Waals surface area contributed by atoms with Gasteiger partial charge in [-0.05, 0) is 12.0 Å². The molecule has 1 unspecified atom stereocenters. The Labute approximate surface area is 137 Å². The van der Waals surface area contributed by atoms with E-state index in [0.29, 0.717) is 6.54 Å². The minimum atomic E-state index is -0.476. The highest BCUT2D eigenvalue weighted by Gasteiger charge is 2.43. The van der Waals surface area contributed by atoms with Gasteiger partial charge in [0.25, 0.3) is 5.91 Å². The lowest BCUT2D eigenvalue weighted by molar-refractivity contribution is -0.129. The number of Topliss-reactive ketones (excluding diaryl/α,β-unsaturated/α-hetero) is 1. The predicted molar refractivity (Wildman–Crippen MR) is 89.9 cm³/mol. The number of unbranched alkanes of at least 4 members (excludes halogenated alkanes) is 2. The summed E-state index contributed by atoms with van der Waals surface area (Å²) in [5.74, 6) is -1.24. The fraction of sp³-hybridized carbons (Fsp3) is 0.474. The highest BCUT2D eigenvalue weighted by molar-refractivity contribution is 6.09. The highest BCUT2D eigenvalue weighted by Crippen LogP contribution is 2.38. The number of aliphatic hydroxyl groups excluding tert-OH is 1. The summed E-state index contributed by atoms with van der Waals surface area (Å²) < 4.78 is 0.